The zero-order valence-electron chi connectivity index (χ0n) is 12.4. The van der Waals surface area contributed by atoms with E-state index in [1.165, 1.54) is 37.8 Å². The van der Waals surface area contributed by atoms with Gasteiger partial charge in [-0.1, -0.05) is 25.5 Å². The molecular weight excluding hydrogens is 253 g/mol. The van der Waals surface area contributed by atoms with Crippen LogP contribution in [0.5, 0.6) is 0 Å². The predicted molar refractivity (Wildman–Crippen MR) is 80.0 cm³/mol. The fourth-order valence-corrected chi connectivity index (χ4v) is 3.01. The molecular formula is C17H26FNO. The summed E-state index contributed by atoms with van der Waals surface area (Å²) in [5.74, 6) is 0.626. The van der Waals surface area contributed by atoms with Gasteiger partial charge in [0.05, 0.1) is 6.10 Å². The van der Waals surface area contributed by atoms with E-state index in [4.69, 9.17) is 0 Å². The van der Waals surface area contributed by atoms with Gasteiger partial charge in [-0.15, -0.1) is 0 Å². The van der Waals surface area contributed by atoms with Crippen molar-refractivity contribution < 1.29 is 9.50 Å². The number of likely N-dealkylation sites (tertiary alicyclic amines) is 1. The summed E-state index contributed by atoms with van der Waals surface area (Å²) in [6.45, 7) is 5.49. The minimum Gasteiger partial charge on any atom is -0.388 e. The molecule has 20 heavy (non-hydrogen) atoms. The lowest BCUT2D eigenvalue weighted by molar-refractivity contribution is 0.142. The Bertz CT molecular complexity index is 392. The van der Waals surface area contributed by atoms with E-state index in [2.05, 4.69) is 11.8 Å². The van der Waals surface area contributed by atoms with E-state index in [1.807, 2.05) is 0 Å². The van der Waals surface area contributed by atoms with E-state index in [0.29, 0.717) is 0 Å². The zero-order valence-corrected chi connectivity index (χ0v) is 12.4. The highest BCUT2D eigenvalue weighted by Gasteiger charge is 2.16. The van der Waals surface area contributed by atoms with Crippen LogP contribution in [0.2, 0.25) is 0 Å². The van der Waals surface area contributed by atoms with Gasteiger partial charge in [0.25, 0.3) is 0 Å². The topological polar surface area (TPSA) is 23.5 Å². The highest BCUT2D eigenvalue weighted by atomic mass is 19.1. The number of aliphatic hydroxyl groups excluding tert-OH is 1. The van der Waals surface area contributed by atoms with Crippen LogP contribution in [0.3, 0.4) is 0 Å². The SMILES string of the molecule is CCC1CCCN(CCC(O)c2ccc(F)cc2)CC1. The molecule has 0 spiro atoms. The maximum absolute atomic E-state index is 12.9. The molecule has 1 N–H and O–H groups in total. The summed E-state index contributed by atoms with van der Waals surface area (Å²) in [5, 5.41) is 10.2. The van der Waals surface area contributed by atoms with Crippen molar-refractivity contribution in [1.82, 2.24) is 4.90 Å². The van der Waals surface area contributed by atoms with Gasteiger partial charge >= 0.3 is 0 Å². The summed E-state index contributed by atoms with van der Waals surface area (Å²) in [4.78, 5) is 2.46. The van der Waals surface area contributed by atoms with Crippen molar-refractivity contribution in [3.63, 3.8) is 0 Å². The standard InChI is InChI=1S/C17H26FNO/c1-2-14-4-3-11-19(12-9-14)13-10-17(20)15-5-7-16(18)8-6-15/h5-8,14,17,20H,2-4,9-13H2,1H3. The summed E-state index contributed by atoms with van der Waals surface area (Å²) in [6.07, 6.45) is 5.41. The van der Waals surface area contributed by atoms with Crippen LogP contribution in [-0.4, -0.2) is 29.6 Å². The first-order valence-corrected chi connectivity index (χ1v) is 7.85. The molecule has 0 radical (unpaired) electrons. The number of hydrogen-bond acceptors (Lipinski definition) is 2. The number of hydrogen-bond donors (Lipinski definition) is 1. The molecule has 1 fully saturated rings. The highest BCUT2D eigenvalue weighted by molar-refractivity contribution is 5.18. The van der Waals surface area contributed by atoms with E-state index in [-0.39, 0.29) is 5.82 Å². The Morgan fingerprint density at radius 2 is 2.00 bits per heavy atom. The van der Waals surface area contributed by atoms with Crippen molar-refractivity contribution in [2.75, 3.05) is 19.6 Å². The van der Waals surface area contributed by atoms with Gasteiger partial charge in [0.2, 0.25) is 0 Å². The third-order valence-electron chi connectivity index (χ3n) is 4.49. The van der Waals surface area contributed by atoms with Crippen LogP contribution in [0.15, 0.2) is 24.3 Å². The molecule has 0 aliphatic carbocycles. The largest absolute Gasteiger partial charge is 0.388 e. The van der Waals surface area contributed by atoms with E-state index in [9.17, 15) is 9.50 Å². The summed E-state index contributed by atoms with van der Waals surface area (Å²) in [7, 11) is 0. The van der Waals surface area contributed by atoms with Gasteiger partial charge in [-0.05, 0) is 62.4 Å². The third kappa shape index (κ3) is 4.57. The molecule has 3 heteroatoms. The van der Waals surface area contributed by atoms with Crippen molar-refractivity contribution in [1.29, 1.82) is 0 Å². The first kappa shape index (κ1) is 15.5. The highest BCUT2D eigenvalue weighted by Crippen LogP contribution is 2.22. The Labute approximate surface area is 121 Å². The van der Waals surface area contributed by atoms with Gasteiger partial charge in [-0.25, -0.2) is 4.39 Å². The molecule has 0 saturated carbocycles. The lowest BCUT2D eigenvalue weighted by Crippen LogP contribution is -2.27. The van der Waals surface area contributed by atoms with Gasteiger partial charge in [0.1, 0.15) is 5.82 Å². The van der Waals surface area contributed by atoms with E-state index >= 15 is 0 Å². The van der Waals surface area contributed by atoms with Gasteiger partial charge in [0, 0.05) is 6.54 Å². The Morgan fingerprint density at radius 3 is 2.70 bits per heavy atom. The summed E-state index contributed by atoms with van der Waals surface area (Å²) in [6, 6.07) is 6.18. The monoisotopic (exact) mass is 279 g/mol. The molecule has 0 aromatic heterocycles. The van der Waals surface area contributed by atoms with Gasteiger partial charge in [-0.2, -0.15) is 0 Å². The molecule has 1 aliphatic rings. The normalized spacial score (nSPS) is 22.4. The maximum atomic E-state index is 12.9. The summed E-state index contributed by atoms with van der Waals surface area (Å²) in [5.41, 5.74) is 0.813. The van der Waals surface area contributed by atoms with Gasteiger partial charge in [0.15, 0.2) is 0 Å². The van der Waals surface area contributed by atoms with Crippen LogP contribution in [-0.2, 0) is 0 Å². The Morgan fingerprint density at radius 1 is 1.25 bits per heavy atom. The van der Waals surface area contributed by atoms with Crippen LogP contribution in [0, 0.1) is 11.7 Å². The van der Waals surface area contributed by atoms with Crippen LogP contribution in [0.25, 0.3) is 0 Å². The number of halogens is 1. The second kappa shape index (κ2) is 7.75. The van der Waals surface area contributed by atoms with Crippen molar-refractivity contribution in [3.05, 3.63) is 35.6 Å². The first-order chi connectivity index (χ1) is 9.69. The van der Waals surface area contributed by atoms with Crippen molar-refractivity contribution in [3.8, 4) is 0 Å². The minimum absolute atomic E-state index is 0.251. The molecule has 1 saturated heterocycles. The lowest BCUT2D eigenvalue weighted by Gasteiger charge is -2.22. The molecule has 112 valence electrons. The average Bonchev–Trinajstić information content (AvgIpc) is 2.70. The molecule has 1 heterocycles. The van der Waals surface area contributed by atoms with Crippen molar-refractivity contribution in [2.45, 2.75) is 45.1 Å². The minimum atomic E-state index is -0.485. The molecule has 1 aromatic rings. The molecule has 1 aliphatic heterocycles. The van der Waals surface area contributed by atoms with Crippen molar-refractivity contribution in [2.24, 2.45) is 5.92 Å². The molecule has 0 bridgehead atoms. The summed E-state index contributed by atoms with van der Waals surface area (Å²) < 4.78 is 12.9. The summed E-state index contributed by atoms with van der Waals surface area (Å²) >= 11 is 0. The van der Waals surface area contributed by atoms with E-state index in [0.717, 1.165) is 37.5 Å². The van der Waals surface area contributed by atoms with Crippen LogP contribution >= 0.6 is 0 Å². The number of nitrogens with zero attached hydrogens (tertiary/aromatic N) is 1. The molecule has 2 atom stereocenters. The maximum Gasteiger partial charge on any atom is 0.123 e. The molecule has 2 rings (SSSR count). The number of benzene rings is 1. The Balaban J connectivity index is 1.78. The quantitative estimate of drug-likeness (QED) is 0.887. The molecule has 1 aromatic carbocycles. The number of aliphatic hydroxyl groups is 1. The number of rotatable bonds is 5. The zero-order chi connectivity index (χ0) is 14.4. The average molecular weight is 279 g/mol. The fourth-order valence-electron chi connectivity index (χ4n) is 3.01. The smallest absolute Gasteiger partial charge is 0.123 e. The van der Waals surface area contributed by atoms with Crippen molar-refractivity contribution >= 4 is 0 Å². The Hall–Kier alpha value is -0.930. The first-order valence-electron chi connectivity index (χ1n) is 7.85. The molecule has 2 unspecified atom stereocenters. The van der Waals surface area contributed by atoms with E-state index in [1.54, 1.807) is 12.1 Å². The van der Waals surface area contributed by atoms with Crippen LogP contribution < -0.4 is 0 Å². The van der Waals surface area contributed by atoms with Gasteiger partial charge in [-0.3, -0.25) is 0 Å². The van der Waals surface area contributed by atoms with Crippen LogP contribution in [0.4, 0.5) is 4.39 Å². The van der Waals surface area contributed by atoms with Crippen LogP contribution in [0.1, 0.15) is 50.7 Å². The second-order valence-electron chi connectivity index (χ2n) is 5.90. The Kier molecular flexibility index (Phi) is 5.99. The lowest BCUT2D eigenvalue weighted by atomic mass is 9.98. The third-order valence-corrected chi connectivity index (χ3v) is 4.49. The van der Waals surface area contributed by atoms with E-state index < -0.39 is 6.10 Å². The van der Waals surface area contributed by atoms with Gasteiger partial charge < -0.3 is 10.0 Å². The molecule has 0 amide bonds. The molecule has 2 nitrogen and oxygen atoms in total. The second-order valence-corrected chi connectivity index (χ2v) is 5.90. The predicted octanol–water partition coefficient (Wildman–Crippen LogP) is 3.76. The fraction of sp³-hybridized carbons (Fsp3) is 0.647.